The number of benzene rings is 1. The monoisotopic (exact) mass is 324 g/mol. The maximum atomic E-state index is 5.69. The summed E-state index contributed by atoms with van der Waals surface area (Å²) in [6.45, 7) is 2.95. The number of hydrazone groups is 1. The van der Waals surface area contributed by atoms with Crippen LogP contribution in [0.25, 0.3) is 5.65 Å². The Morgan fingerprint density at radius 3 is 2.88 bits per heavy atom. The Labute approximate surface area is 140 Å². The number of ether oxygens (including phenoxy) is 1. The van der Waals surface area contributed by atoms with Gasteiger partial charge in [0, 0.05) is 0 Å². The SMILES string of the molecule is CCCCCOc1ccc(/C=N/Nc2ccc3nncn3n2)cc1. The van der Waals surface area contributed by atoms with E-state index in [0.717, 1.165) is 24.3 Å². The highest BCUT2D eigenvalue weighted by molar-refractivity contribution is 5.80. The fourth-order valence-corrected chi connectivity index (χ4v) is 2.15. The molecule has 1 aromatic carbocycles. The molecule has 24 heavy (non-hydrogen) atoms. The lowest BCUT2D eigenvalue weighted by molar-refractivity contribution is 0.306. The summed E-state index contributed by atoms with van der Waals surface area (Å²) in [4.78, 5) is 0. The Morgan fingerprint density at radius 1 is 1.17 bits per heavy atom. The van der Waals surface area contributed by atoms with Crippen molar-refractivity contribution in [2.24, 2.45) is 5.10 Å². The minimum absolute atomic E-state index is 0.620. The summed E-state index contributed by atoms with van der Waals surface area (Å²) in [6.07, 6.45) is 6.77. The predicted octanol–water partition coefficient (Wildman–Crippen LogP) is 3.14. The molecule has 0 saturated carbocycles. The van der Waals surface area contributed by atoms with Crippen LogP contribution in [-0.2, 0) is 0 Å². The number of unbranched alkanes of at least 4 members (excludes halogenated alkanes) is 2. The molecule has 0 unspecified atom stereocenters. The Balaban J connectivity index is 1.52. The molecule has 7 heteroatoms. The first-order valence-electron chi connectivity index (χ1n) is 8.04. The number of rotatable bonds is 8. The molecule has 1 N–H and O–H groups in total. The van der Waals surface area contributed by atoms with E-state index in [1.807, 2.05) is 30.3 Å². The zero-order valence-corrected chi connectivity index (χ0v) is 13.6. The lowest BCUT2D eigenvalue weighted by atomic mass is 10.2. The van der Waals surface area contributed by atoms with Crippen LogP contribution >= 0.6 is 0 Å². The first kappa shape index (κ1) is 15.9. The molecule has 0 aliphatic heterocycles. The highest BCUT2D eigenvalue weighted by Gasteiger charge is 1.98. The van der Waals surface area contributed by atoms with Gasteiger partial charge in [0.2, 0.25) is 0 Å². The maximum Gasteiger partial charge on any atom is 0.177 e. The average Bonchev–Trinajstić information content (AvgIpc) is 3.08. The van der Waals surface area contributed by atoms with Gasteiger partial charge in [0.05, 0.1) is 12.8 Å². The Hall–Kier alpha value is -2.96. The third-order valence-corrected chi connectivity index (χ3v) is 3.45. The fraction of sp³-hybridized carbons (Fsp3) is 0.294. The molecule has 0 radical (unpaired) electrons. The number of aromatic nitrogens is 4. The van der Waals surface area contributed by atoms with E-state index in [0.29, 0.717) is 11.5 Å². The Kier molecular flexibility index (Phi) is 5.34. The van der Waals surface area contributed by atoms with Crippen LogP contribution in [0.15, 0.2) is 47.8 Å². The highest BCUT2D eigenvalue weighted by Crippen LogP contribution is 2.12. The van der Waals surface area contributed by atoms with Gasteiger partial charge in [0.15, 0.2) is 11.5 Å². The van der Waals surface area contributed by atoms with Gasteiger partial charge in [-0.15, -0.1) is 15.3 Å². The number of fused-ring (bicyclic) bond motifs is 1. The van der Waals surface area contributed by atoms with Gasteiger partial charge in [-0.1, -0.05) is 19.8 Å². The summed E-state index contributed by atoms with van der Waals surface area (Å²) >= 11 is 0. The van der Waals surface area contributed by atoms with E-state index in [1.165, 1.54) is 12.8 Å². The van der Waals surface area contributed by atoms with Crippen molar-refractivity contribution in [3.8, 4) is 5.75 Å². The molecule has 3 aromatic rings. The van der Waals surface area contributed by atoms with Gasteiger partial charge in [-0.3, -0.25) is 5.43 Å². The molecule has 0 bridgehead atoms. The van der Waals surface area contributed by atoms with Crippen LogP contribution in [0.4, 0.5) is 5.82 Å². The molecule has 124 valence electrons. The van der Waals surface area contributed by atoms with E-state index in [1.54, 1.807) is 23.1 Å². The quantitative estimate of drug-likeness (QED) is 0.391. The van der Waals surface area contributed by atoms with E-state index < -0.39 is 0 Å². The lowest BCUT2D eigenvalue weighted by Crippen LogP contribution is -1.98. The summed E-state index contributed by atoms with van der Waals surface area (Å²) < 4.78 is 7.27. The van der Waals surface area contributed by atoms with Crippen LogP contribution in [0.1, 0.15) is 31.7 Å². The number of hydrogen-bond donors (Lipinski definition) is 1. The van der Waals surface area contributed by atoms with Gasteiger partial charge in [-0.2, -0.15) is 9.62 Å². The van der Waals surface area contributed by atoms with Crippen LogP contribution < -0.4 is 10.2 Å². The molecule has 7 nitrogen and oxygen atoms in total. The first-order chi connectivity index (χ1) is 11.8. The molecule has 0 aliphatic rings. The molecule has 2 aromatic heterocycles. The topological polar surface area (TPSA) is 76.7 Å². The number of hydrogen-bond acceptors (Lipinski definition) is 6. The Bertz CT molecular complexity index is 796. The minimum atomic E-state index is 0.620. The first-order valence-corrected chi connectivity index (χ1v) is 8.04. The molecular weight excluding hydrogens is 304 g/mol. The van der Waals surface area contributed by atoms with Gasteiger partial charge in [-0.25, -0.2) is 0 Å². The van der Waals surface area contributed by atoms with E-state index >= 15 is 0 Å². The van der Waals surface area contributed by atoms with Gasteiger partial charge < -0.3 is 4.74 Å². The van der Waals surface area contributed by atoms with Crippen molar-refractivity contribution >= 4 is 17.7 Å². The molecule has 0 atom stereocenters. The second-order valence-corrected chi connectivity index (χ2v) is 5.35. The summed E-state index contributed by atoms with van der Waals surface area (Å²) in [5.74, 6) is 1.50. The standard InChI is InChI=1S/C17H20N6O/c1-2-3-4-11-24-15-7-5-14(6-8-15)12-18-20-16-9-10-17-21-19-13-23(17)22-16/h5-10,12-13H,2-4,11H2,1H3,(H,20,22)/b18-12+. The van der Waals surface area contributed by atoms with Gasteiger partial charge in [0.1, 0.15) is 12.1 Å². The van der Waals surface area contributed by atoms with Crippen molar-refractivity contribution < 1.29 is 4.74 Å². The van der Waals surface area contributed by atoms with Crippen molar-refractivity contribution in [2.45, 2.75) is 26.2 Å². The second-order valence-electron chi connectivity index (χ2n) is 5.35. The average molecular weight is 324 g/mol. The third-order valence-electron chi connectivity index (χ3n) is 3.45. The molecule has 3 rings (SSSR count). The Morgan fingerprint density at radius 2 is 2.04 bits per heavy atom. The van der Waals surface area contributed by atoms with E-state index in [4.69, 9.17) is 4.74 Å². The van der Waals surface area contributed by atoms with Gasteiger partial charge in [-0.05, 0) is 48.4 Å². The van der Waals surface area contributed by atoms with Crippen molar-refractivity contribution in [2.75, 3.05) is 12.0 Å². The highest BCUT2D eigenvalue weighted by atomic mass is 16.5. The number of nitrogens with one attached hydrogen (secondary N) is 1. The molecular formula is C17H20N6O. The molecule has 0 amide bonds. The number of anilines is 1. The van der Waals surface area contributed by atoms with Crippen molar-refractivity contribution in [1.82, 2.24) is 19.8 Å². The van der Waals surface area contributed by atoms with Crippen LogP contribution in [0.3, 0.4) is 0 Å². The molecule has 0 aliphatic carbocycles. The zero-order chi connectivity index (χ0) is 16.6. The summed E-state index contributed by atoms with van der Waals surface area (Å²) in [6, 6.07) is 11.5. The second kappa shape index (κ2) is 8.05. The van der Waals surface area contributed by atoms with E-state index in [9.17, 15) is 0 Å². The van der Waals surface area contributed by atoms with Gasteiger partial charge in [0.25, 0.3) is 0 Å². The minimum Gasteiger partial charge on any atom is -0.494 e. The van der Waals surface area contributed by atoms with Crippen LogP contribution in [-0.4, -0.2) is 32.6 Å². The fourth-order valence-electron chi connectivity index (χ4n) is 2.15. The van der Waals surface area contributed by atoms with Crippen molar-refractivity contribution in [3.05, 3.63) is 48.3 Å². The largest absolute Gasteiger partial charge is 0.494 e. The summed E-state index contributed by atoms with van der Waals surface area (Å²) in [5.41, 5.74) is 4.56. The van der Waals surface area contributed by atoms with Crippen LogP contribution in [0, 0.1) is 0 Å². The maximum absolute atomic E-state index is 5.69. The normalized spacial score (nSPS) is 11.2. The van der Waals surface area contributed by atoms with Crippen molar-refractivity contribution in [1.29, 1.82) is 0 Å². The van der Waals surface area contributed by atoms with E-state index in [2.05, 4.69) is 32.7 Å². The smallest absolute Gasteiger partial charge is 0.177 e. The number of nitrogens with zero attached hydrogens (tertiary/aromatic N) is 5. The van der Waals surface area contributed by atoms with Crippen LogP contribution in [0.2, 0.25) is 0 Å². The molecule has 0 spiro atoms. The molecule has 2 heterocycles. The zero-order valence-electron chi connectivity index (χ0n) is 13.6. The molecule has 0 saturated heterocycles. The van der Waals surface area contributed by atoms with Crippen LogP contribution in [0.5, 0.6) is 5.75 Å². The third kappa shape index (κ3) is 4.28. The predicted molar refractivity (Wildman–Crippen MR) is 93.5 cm³/mol. The summed E-state index contributed by atoms with van der Waals surface area (Å²) in [7, 11) is 0. The lowest BCUT2D eigenvalue weighted by Gasteiger charge is -2.05. The summed E-state index contributed by atoms with van der Waals surface area (Å²) in [5, 5.41) is 16.1. The van der Waals surface area contributed by atoms with E-state index in [-0.39, 0.29) is 0 Å². The van der Waals surface area contributed by atoms with Crippen molar-refractivity contribution in [3.63, 3.8) is 0 Å². The molecule has 0 fully saturated rings. The van der Waals surface area contributed by atoms with Gasteiger partial charge >= 0.3 is 0 Å².